The van der Waals surface area contributed by atoms with Crippen molar-refractivity contribution in [1.29, 1.82) is 0 Å². The fourth-order valence-corrected chi connectivity index (χ4v) is 4.70. The molecule has 166 valence electrons. The zero-order chi connectivity index (χ0) is 22.3. The van der Waals surface area contributed by atoms with Gasteiger partial charge in [-0.25, -0.2) is 9.78 Å². The lowest BCUT2D eigenvalue weighted by atomic mass is 9.99. The Morgan fingerprint density at radius 2 is 1.81 bits per heavy atom. The molecular formula is C24H25N3O4S. The van der Waals surface area contributed by atoms with Gasteiger partial charge in [-0.05, 0) is 50.2 Å². The maximum Gasteiger partial charge on any atom is 0.343 e. The van der Waals surface area contributed by atoms with E-state index < -0.39 is 5.97 Å². The molecule has 8 heteroatoms. The van der Waals surface area contributed by atoms with Crippen molar-refractivity contribution in [2.45, 2.75) is 18.8 Å². The molecule has 0 aliphatic carbocycles. The quantitative estimate of drug-likeness (QED) is 0.526. The predicted octanol–water partition coefficient (Wildman–Crippen LogP) is 4.08. The predicted molar refractivity (Wildman–Crippen MR) is 124 cm³/mol. The molecule has 1 aliphatic rings. The van der Waals surface area contributed by atoms with Crippen LogP contribution in [0.15, 0.2) is 54.6 Å². The molecule has 7 nitrogen and oxygen atoms in total. The Morgan fingerprint density at radius 3 is 2.50 bits per heavy atom. The standard InChI is InChI=1S/C24H25N3O4S/c1-30-20(28)15-31-19-9-7-18(8-10-19)26-23(29)22-21(16-5-3-2-4-6-16)27-24(32-22)17-11-13-25-14-12-17/h2-10,17,25H,11-15H2,1H3,(H,26,29). The van der Waals surface area contributed by atoms with Crippen LogP contribution in [0.2, 0.25) is 0 Å². The first-order valence-corrected chi connectivity index (χ1v) is 11.3. The van der Waals surface area contributed by atoms with Crippen LogP contribution < -0.4 is 15.4 Å². The molecule has 32 heavy (non-hydrogen) atoms. The number of esters is 1. The second kappa shape index (κ2) is 10.4. The van der Waals surface area contributed by atoms with Crippen molar-refractivity contribution >= 4 is 28.9 Å². The topological polar surface area (TPSA) is 89.5 Å². The Hall–Kier alpha value is -3.23. The van der Waals surface area contributed by atoms with Crippen molar-refractivity contribution in [1.82, 2.24) is 10.3 Å². The van der Waals surface area contributed by atoms with Crippen molar-refractivity contribution < 1.29 is 19.1 Å². The van der Waals surface area contributed by atoms with Crippen LogP contribution in [0.4, 0.5) is 5.69 Å². The SMILES string of the molecule is COC(=O)COc1ccc(NC(=O)c2sc(C3CCNCC3)nc2-c2ccccc2)cc1. The Balaban J connectivity index is 1.53. The van der Waals surface area contributed by atoms with E-state index in [0.29, 0.717) is 22.2 Å². The van der Waals surface area contributed by atoms with Gasteiger partial charge in [-0.3, -0.25) is 4.79 Å². The number of rotatable bonds is 7. The summed E-state index contributed by atoms with van der Waals surface area (Å²) in [4.78, 5) is 29.9. The van der Waals surface area contributed by atoms with Gasteiger partial charge in [0.05, 0.1) is 17.8 Å². The van der Waals surface area contributed by atoms with Crippen LogP contribution in [0, 0.1) is 0 Å². The first-order chi connectivity index (χ1) is 15.6. The molecule has 0 atom stereocenters. The molecule has 2 aromatic carbocycles. The van der Waals surface area contributed by atoms with Crippen molar-refractivity contribution in [2.24, 2.45) is 0 Å². The molecule has 1 amide bonds. The van der Waals surface area contributed by atoms with Gasteiger partial charge in [-0.1, -0.05) is 30.3 Å². The molecule has 1 fully saturated rings. The number of ether oxygens (including phenoxy) is 2. The largest absolute Gasteiger partial charge is 0.482 e. The van der Waals surface area contributed by atoms with Crippen molar-refractivity contribution in [3.63, 3.8) is 0 Å². The number of nitrogens with one attached hydrogen (secondary N) is 2. The van der Waals surface area contributed by atoms with E-state index >= 15 is 0 Å². The summed E-state index contributed by atoms with van der Waals surface area (Å²) in [6.45, 7) is 1.77. The summed E-state index contributed by atoms with van der Waals surface area (Å²) in [6, 6.07) is 16.7. The zero-order valence-corrected chi connectivity index (χ0v) is 18.6. The Bertz CT molecular complexity index is 1060. The molecule has 0 radical (unpaired) electrons. The molecule has 0 bridgehead atoms. The third-order valence-electron chi connectivity index (χ3n) is 5.28. The summed E-state index contributed by atoms with van der Waals surface area (Å²) in [5.41, 5.74) is 2.29. The molecule has 1 aliphatic heterocycles. The molecule has 1 saturated heterocycles. The highest BCUT2D eigenvalue weighted by molar-refractivity contribution is 7.14. The van der Waals surface area contributed by atoms with Crippen molar-refractivity contribution in [3.05, 3.63) is 64.5 Å². The summed E-state index contributed by atoms with van der Waals surface area (Å²) in [5.74, 6) is 0.246. The van der Waals surface area contributed by atoms with Gasteiger partial charge < -0.3 is 20.1 Å². The molecule has 1 aromatic heterocycles. The third kappa shape index (κ3) is 5.33. The molecule has 3 aromatic rings. The second-order valence-electron chi connectivity index (χ2n) is 7.46. The Kier molecular flexibility index (Phi) is 7.14. The second-order valence-corrected chi connectivity index (χ2v) is 8.49. The van der Waals surface area contributed by atoms with Gasteiger partial charge in [0.25, 0.3) is 5.91 Å². The minimum atomic E-state index is -0.453. The monoisotopic (exact) mass is 451 g/mol. The number of amides is 1. The highest BCUT2D eigenvalue weighted by Gasteiger charge is 2.25. The number of nitrogens with zero attached hydrogens (tertiary/aromatic N) is 1. The van der Waals surface area contributed by atoms with Crippen LogP contribution in [-0.2, 0) is 9.53 Å². The number of hydrogen-bond acceptors (Lipinski definition) is 7. The van der Waals surface area contributed by atoms with E-state index in [0.717, 1.165) is 42.2 Å². The van der Waals surface area contributed by atoms with E-state index in [1.807, 2.05) is 30.3 Å². The van der Waals surface area contributed by atoms with E-state index in [1.54, 1.807) is 24.3 Å². The summed E-state index contributed by atoms with van der Waals surface area (Å²) in [5, 5.41) is 7.35. The van der Waals surface area contributed by atoms with E-state index in [9.17, 15) is 9.59 Å². The molecule has 0 unspecified atom stereocenters. The number of thiazole rings is 1. The van der Waals surface area contributed by atoms with Crippen LogP contribution in [0.1, 0.15) is 33.4 Å². The Labute approximate surface area is 190 Å². The van der Waals surface area contributed by atoms with Crippen molar-refractivity contribution in [2.75, 3.05) is 32.1 Å². The van der Waals surface area contributed by atoms with Gasteiger partial charge in [-0.15, -0.1) is 11.3 Å². The fourth-order valence-electron chi connectivity index (χ4n) is 3.55. The number of anilines is 1. The summed E-state index contributed by atoms with van der Waals surface area (Å²) >= 11 is 1.48. The van der Waals surface area contributed by atoms with Gasteiger partial charge in [0.1, 0.15) is 10.6 Å². The fraction of sp³-hybridized carbons (Fsp3) is 0.292. The lowest BCUT2D eigenvalue weighted by Gasteiger charge is -2.20. The molecule has 0 spiro atoms. The van der Waals surface area contributed by atoms with Gasteiger partial charge in [0.2, 0.25) is 0 Å². The van der Waals surface area contributed by atoms with Crippen LogP contribution >= 0.6 is 11.3 Å². The van der Waals surface area contributed by atoms with Crippen LogP contribution in [0.25, 0.3) is 11.3 Å². The van der Waals surface area contributed by atoms with Gasteiger partial charge >= 0.3 is 5.97 Å². The maximum atomic E-state index is 13.2. The minimum Gasteiger partial charge on any atom is -0.482 e. The van der Waals surface area contributed by atoms with Gasteiger partial charge in [0, 0.05) is 17.2 Å². The van der Waals surface area contributed by atoms with Crippen LogP contribution in [0.5, 0.6) is 5.75 Å². The lowest BCUT2D eigenvalue weighted by Crippen LogP contribution is -2.26. The Morgan fingerprint density at radius 1 is 1.09 bits per heavy atom. The molecular weight excluding hydrogens is 426 g/mol. The summed E-state index contributed by atoms with van der Waals surface area (Å²) in [7, 11) is 1.31. The number of carbonyl (C=O) groups is 2. The first-order valence-electron chi connectivity index (χ1n) is 10.5. The highest BCUT2D eigenvalue weighted by atomic mass is 32.1. The number of aromatic nitrogens is 1. The lowest BCUT2D eigenvalue weighted by molar-refractivity contribution is -0.142. The van der Waals surface area contributed by atoms with Gasteiger partial charge in [0.15, 0.2) is 6.61 Å². The third-order valence-corrected chi connectivity index (χ3v) is 6.50. The first kappa shape index (κ1) is 22.0. The number of methoxy groups -OCH3 is 1. The highest BCUT2D eigenvalue weighted by Crippen LogP contribution is 2.35. The molecule has 4 rings (SSSR count). The smallest absolute Gasteiger partial charge is 0.343 e. The number of hydrogen-bond donors (Lipinski definition) is 2. The van der Waals surface area contributed by atoms with Crippen LogP contribution in [0.3, 0.4) is 0 Å². The number of piperidine rings is 1. The normalized spacial score (nSPS) is 14.0. The zero-order valence-electron chi connectivity index (χ0n) is 17.8. The molecule has 2 heterocycles. The average molecular weight is 452 g/mol. The van der Waals surface area contributed by atoms with E-state index in [-0.39, 0.29) is 12.5 Å². The summed E-state index contributed by atoms with van der Waals surface area (Å²) in [6.07, 6.45) is 2.05. The van der Waals surface area contributed by atoms with Gasteiger partial charge in [-0.2, -0.15) is 0 Å². The number of carbonyl (C=O) groups excluding carboxylic acids is 2. The van der Waals surface area contributed by atoms with E-state index in [4.69, 9.17) is 9.72 Å². The number of benzene rings is 2. The molecule has 2 N–H and O–H groups in total. The van der Waals surface area contributed by atoms with Crippen LogP contribution in [-0.4, -0.2) is 43.7 Å². The van der Waals surface area contributed by atoms with Crippen molar-refractivity contribution in [3.8, 4) is 17.0 Å². The minimum absolute atomic E-state index is 0.164. The molecule has 0 saturated carbocycles. The van der Waals surface area contributed by atoms with E-state index in [1.165, 1.54) is 18.4 Å². The average Bonchev–Trinajstić information content (AvgIpc) is 3.30. The van der Waals surface area contributed by atoms with E-state index in [2.05, 4.69) is 15.4 Å². The maximum absolute atomic E-state index is 13.2. The summed E-state index contributed by atoms with van der Waals surface area (Å²) < 4.78 is 9.91.